The van der Waals surface area contributed by atoms with E-state index in [0.717, 1.165) is 5.82 Å². The van der Waals surface area contributed by atoms with Crippen LogP contribution < -0.4 is 10.6 Å². The number of aromatic nitrogens is 2. The predicted molar refractivity (Wildman–Crippen MR) is 46.8 cm³/mol. The first kappa shape index (κ1) is 8.73. The molecule has 0 aromatic carbocycles. The quantitative estimate of drug-likeness (QED) is 0.635. The van der Waals surface area contributed by atoms with Gasteiger partial charge in [0.1, 0.15) is 5.82 Å². The SMILES string of the molecule is CN(CCO)c1ccnc(N)n1. The lowest BCUT2D eigenvalue weighted by molar-refractivity contribution is 0.304. The predicted octanol–water partition coefficient (Wildman–Crippen LogP) is -0.513. The molecule has 1 rings (SSSR count). The van der Waals surface area contributed by atoms with Gasteiger partial charge in [-0.2, -0.15) is 4.98 Å². The summed E-state index contributed by atoms with van der Waals surface area (Å²) < 4.78 is 0. The monoisotopic (exact) mass is 168 g/mol. The number of rotatable bonds is 3. The van der Waals surface area contributed by atoms with Crippen LogP contribution in [0, 0.1) is 0 Å². The molecule has 12 heavy (non-hydrogen) atoms. The smallest absolute Gasteiger partial charge is 0.221 e. The molecular weight excluding hydrogens is 156 g/mol. The molecule has 0 saturated heterocycles. The Morgan fingerprint density at radius 1 is 1.67 bits per heavy atom. The molecule has 0 bridgehead atoms. The molecule has 5 nitrogen and oxygen atoms in total. The van der Waals surface area contributed by atoms with Gasteiger partial charge in [0.05, 0.1) is 6.61 Å². The van der Waals surface area contributed by atoms with E-state index in [1.54, 1.807) is 17.2 Å². The molecule has 0 amide bonds. The van der Waals surface area contributed by atoms with Gasteiger partial charge >= 0.3 is 0 Å². The Morgan fingerprint density at radius 3 is 3.00 bits per heavy atom. The summed E-state index contributed by atoms with van der Waals surface area (Å²) in [5, 5.41) is 8.65. The lowest BCUT2D eigenvalue weighted by Gasteiger charge is -2.15. The number of aliphatic hydroxyl groups excluding tert-OH is 1. The third-order valence-corrected chi connectivity index (χ3v) is 1.49. The van der Waals surface area contributed by atoms with E-state index in [4.69, 9.17) is 10.8 Å². The van der Waals surface area contributed by atoms with E-state index >= 15 is 0 Å². The molecular formula is C7H12N4O. The molecule has 0 aliphatic carbocycles. The summed E-state index contributed by atoms with van der Waals surface area (Å²) in [5.74, 6) is 0.967. The first-order chi connectivity index (χ1) is 5.74. The van der Waals surface area contributed by atoms with E-state index in [-0.39, 0.29) is 12.6 Å². The highest BCUT2D eigenvalue weighted by Crippen LogP contribution is 2.07. The summed E-state index contributed by atoms with van der Waals surface area (Å²) in [4.78, 5) is 9.54. The zero-order valence-corrected chi connectivity index (χ0v) is 6.94. The Morgan fingerprint density at radius 2 is 2.42 bits per heavy atom. The summed E-state index contributed by atoms with van der Waals surface area (Å²) in [7, 11) is 1.83. The second kappa shape index (κ2) is 3.87. The minimum atomic E-state index is 0.0976. The van der Waals surface area contributed by atoms with E-state index in [0.29, 0.717) is 6.54 Å². The second-order valence-corrected chi connectivity index (χ2v) is 2.42. The number of nitrogens with zero attached hydrogens (tertiary/aromatic N) is 3. The van der Waals surface area contributed by atoms with Crippen molar-refractivity contribution in [3.05, 3.63) is 12.3 Å². The highest BCUT2D eigenvalue weighted by Gasteiger charge is 2.00. The first-order valence-electron chi connectivity index (χ1n) is 3.64. The molecule has 1 aromatic heterocycles. The molecule has 66 valence electrons. The number of hydrogen-bond donors (Lipinski definition) is 2. The lowest BCUT2D eigenvalue weighted by Crippen LogP contribution is -2.22. The Kier molecular flexibility index (Phi) is 2.82. The maximum Gasteiger partial charge on any atom is 0.221 e. The van der Waals surface area contributed by atoms with Crippen LogP contribution in [0.5, 0.6) is 0 Å². The fourth-order valence-electron chi connectivity index (χ4n) is 0.841. The van der Waals surface area contributed by atoms with E-state index < -0.39 is 0 Å². The third-order valence-electron chi connectivity index (χ3n) is 1.49. The van der Waals surface area contributed by atoms with Crippen molar-refractivity contribution in [1.82, 2.24) is 9.97 Å². The highest BCUT2D eigenvalue weighted by molar-refractivity contribution is 5.39. The van der Waals surface area contributed by atoms with E-state index in [1.165, 1.54) is 0 Å². The number of nitrogen functional groups attached to an aromatic ring is 1. The lowest BCUT2D eigenvalue weighted by atomic mass is 10.5. The van der Waals surface area contributed by atoms with E-state index in [9.17, 15) is 0 Å². The summed E-state index contributed by atoms with van der Waals surface area (Å²) in [6.45, 7) is 0.636. The van der Waals surface area contributed by atoms with Crippen molar-refractivity contribution < 1.29 is 5.11 Å². The zero-order chi connectivity index (χ0) is 8.97. The summed E-state index contributed by atoms with van der Waals surface area (Å²) in [6, 6.07) is 1.74. The second-order valence-electron chi connectivity index (χ2n) is 2.42. The topological polar surface area (TPSA) is 75.3 Å². The minimum Gasteiger partial charge on any atom is -0.395 e. The number of nitrogens with two attached hydrogens (primary N) is 1. The van der Waals surface area contributed by atoms with Crippen molar-refractivity contribution in [2.75, 3.05) is 30.8 Å². The number of hydrogen-bond acceptors (Lipinski definition) is 5. The van der Waals surface area contributed by atoms with Gasteiger partial charge in [-0.05, 0) is 6.07 Å². The molecule has 0 fully saturated rings. The number of anilines is 2. The van der Waals surface area contributed by atoms with Crippen molar-refractivity contribution in [1.29, 1.82) is 0 Å². The average molecular weight is 168 g/mol. The van der Waals surface area contributed by atoms with Gasteiger partial charge in [-0.1, -0.05) is 0 Å². The van der Waals surface area contributed by atoms with Crippen LogP contribution in [0.1, 0.15) is 0 Å². The maximum atomic E-state index is 8.65. The normalized spacial score (nSPS) is 9.83. The van der Waals surface area contributed by atoms with Gasteiger partial charge in [0.2, 0.25) is 5.95 Å². The van der Waals surface area contributed by atoms with Gasteiger partial charge in [-0.3, -0.25) is 0 Å². The van der Waals surface area contributed by atoms with Gasteiger partial charge in [0.15, 0.2) is 0 Å². The summed E-state index contributed by atoms with van der Waals surface area (Å²) in [5.41, 5.74) is 5.38. The van der Waals surface area contributed by atoms with Crippen LogP contribution in [0.2, 0.25) is 0 Å². The van der Waals surface area contributed by atoms with Crippen LogP contribution >= 0.6 is 0 Å². The van der Waals surface area contributed by atoms with Gasteiger partial charge in [0, 0.05) is 19.8 Å². The van der Waals surface area contributed by atoms with E-state index in [1.807, 2.05) is 7.05 Å². The molecule has 1 heterocycles. The molecule has 0 aliphatic heterocycles. The summed E-state index contributed by atoms with van der Waals surface area (Å²) in [6.07, 6.45) is 1.59. The van der Waals surface area contributed by atoms with Crippen molar-refractivity contribution >= 4 is 11.8 Å². The number of aliphatic hydroxyl groups is 1. The van der Waals surface area contributed by atoms with Gasteiger partial charge < -0.3 is 15.7 Å². The van der Waals surface area contributed by atoms with Gasteiger partial charge in [-0.25, -0.2) is 4.98 Å². The molecule has 5 heteroatoms. The van der Waals surface area contributed by atoms with Crippen LogP contribution in [0.4, 0.5) is 11.8 Å². The fraction of sp³-hybridized carbons (Fsp3) is 0.429. The van der Waals surface area contributed by atoms with Gasteiger partial charge in [-0.15, -0.1) is 0 Å². The van der Waals surface area contributed by atoms with E-state index in [2.05, 4.69) is 9.97 Å². The van der Waals surface area contributed by atoms with Crippen molar-refractivity contribution in [3.63, 3.8) is 0 Å². The van der Waals surface area contributed by atoms with Crippen molar-refractivity contribution in [2.45, 2.75) is 0 Å². The van der Waals surface area contributed by atoms with Crippen LogP contribution in [-0.2, 0) is 0 Å². The van der Waals surface area contributed by atoms with Crippen molar-refractivity contribution in [3.8, 4) is 0 Å². The van der Waals surface area contributed by atoms with Crippen molar-refractivity contribution in [2.24, 2.45) is 0 Å². The third kappa shape index (κ3) is 2.06. The minimum absolute atomic E-state index is 0.0976. The van der Waals surface area contributed by atoms with Gasteiger partial charge in [0.25, 0.3) is 0 Å². The largest absolute Gasteiger partial charge is 0.395 e. The maximum absolute atomic E-state index is 8.65. The van der Waals surface area contributed by atoms with Crippen LogP contribution in [0.15, 0.2) is 12.3 Å². The fourth-order valence-corrected chi connectivity index (χ4v) is 0.841. The summed E-state index contributed by atoms with van der Waals surface area (Å²) >= 11 is 0. The standard InChI is InChI=1S/C7H12N4O/c1-11(4-5-12)6-2-3-9-7(8)10-6/h2-3,12H,4-5H2,1H3,(H2,8,9,10). The Hall–Kier alpha value is -1.36. The molecule has 0 atom stereocenters. The zero-order valence-electron chi connectivity index (χ0n) is 6.94. The molecule has 0 unspecified atom stereocenters. The Balaban J connectivity index is 2.73. The molecule has 0 spiro atoms. The molecule has 0 aliphatic rings. The molecule has 1 aromatic rings. The molecule has 0 saturated carbocycles. The Labute approximate surface area is 70.9 Å². The highest BCUT2D eigenvalue weighted by atomic mass is 16.3. The first-order valence-corrected chi connectivity index (χ1v) is 3.64. The van der Waals surface area contributed by atoms with Crippen LogP contribution in [-0.4, -0.2) is 35.3 Å². The molecule has 0 radical (unpaired) electrons. The van der Waals surface area contributed by atoms with Crippen LogP contribution in [0.25, 0.3) is 0 Å². The molecule has 3 N–H and O–H groups in total. The average Bonchev–Trinajstić information content (AvgIpc) is 2.05. The van der Waals surface area contributed by atoms with Crippen LogP contribution in [0.3, 0.4) is 0 Å². The number of likely N-dealkylation sites (N-methyl/N-ethyl adjacent to an activating group) is 1. The Bertz CT molecular complexity index is 253.